The highest BCUT2D eigenvalue weighted by molar-refractivity contribution is 6.31. The fourth-order valence-electron chi connectivity index (χ4n) is 3.53. The van der Waals surface area contributed by atoms with Gasteiger partial charge in [0.2, 0.25) is 0 Å². The predicted molar refractivity (Wildman–Crippen MR) is 75.9 cm³/mol. The van der Waals surface area contributed by atoms with Crippen LogP contribution >= 0.6 is 11.6 Å². The van der Waals surface area contributed by atoms with Crippen molar-refractivity contribution in [2.45, 2.75) is 37.8 Å². The molecule has 2 aliphatic rings. The first-order valence-electron chi connectivity index (χ1n) is 7.10. The van der Waals surface area contributed by atoms with Crippen molar-refractivity contribution in [1.82, 2.24) is 10.2 Å². The molecule has 0 bridgehead atoms. The van der Waals surface area contributed by atoms with Gasteiger partial charge in [-0.15, -0.1) is 0 Å². The SMILES string of the molecule is Fc1cccc(CN2CCNCC23CCCC3)c1Cl. The van der Waals surface area contributed by atoms with Crippen LogP contribution in [0.2, 0.25) is 5.02 Å². The Kier molecular flexibility index (Phi) is 3.79. The Bertz CT molecular complexity index is 457. The minimum absolute atomic E-state index is 0.272. The van der Waals surface area contributed by atoms with E-state index in [4.69, 9.17) is 11.6 Å². The summed E-state index contributed by atoms with van der Waals surface area (Å²) in [5.41, 5.74) is 1.18. The summed E-state index contributed by atoms with van der Waals surface area (Å²) in [6, 6.07) is 5.12. The maximum Gasteiger partial charge on any atom is 0.142 e. The van der Waals surface area contributed by atoms with E-state index in [0.717, 1.165) is 31.7 Å². The Balaban J connectivity index is 1.82. The van der Waals surface area contributed by atoms with Crippen LogP contribution in [0.4, 0.5) is 4.39 Å². The molecule has 2 nitrogen and oxygen atoms in total. The molecule has 1 saturated heterocycles. The molecule has 4 heteroatoms. The van der Waals surface area contributed by atoms with Crippen molar-refractivity contribution in [2.24, 2.45) is 0 Å². The second-order valence-electron chi connectivity index (χ2n) is 5.74. The Morgan fingerprint density at radius 3 is 2.89 bits per heavy atom. The van der Waals surface area contributed by atoms with Crippen molar-refractivity contribution in [3.8, 4) is 0 Å². The third kappa shape index (κ3) is 2.51. The highest BCUT2D eigenvalue weighted by atomic mass is 35.5. The molecule has 1 saturated carbocycles. The van der Waals surface area contributed by atoms with E-state index in [1.807, 2.05) is 6.07 Å². The molecule has 1 aromatic carbocycles. The van der Waals surface area contributed by atoms with Crippen molar-refractivity contribution in [3.05, 3.63) is 34.6 Å². The largest absolute Gasteiger partial charge is 0.314 e. The monoisotopic (exact) mass is 282 g/mol. The van der Waals surface area contributed by atoms with E-state index in [2.05, 4.69) is 10.2 Å². The number of nitrogens with zero attached hydrogens (tertiary/aromatic N) is 1. The highest BCUT2D eigenvalue weighted by Crippen LogP contribution is 2.37. The molecule has 1 aliphatic heterocycles. The molecule has 1 aromatic rings. The zero-order valence-electron chi connectivity index (χ0n) is 11.1. The van der Waals surface area contributed by atoms with Gasteiger partial charge < -0.3 is 5.32 Å². The Morgan fingerprint density at radius 1 is 1.32 bits per heavy atom. The Labute approximate surface area is 118 Å². The molecule has 1 heterocycles. The van der Waals surface area contributed by atoms with Crippen LogP contribution in [0, 0.1) is 5.82 Å². The second kappa shape index (κ2) is 5.39. The van der Waals surface area contributed by atoms with Crippen LogP contribution in [-0.4, -0.2) is 30.1 Å². The molecule has 1 N–H and O–H groups in total. The lowest BCUT2D eigenvalue weighted by atomic mass is 9.92. The van der Waals surface area contributed by atoms with Crippen LogP contribution in [-0.2, 0) is 6.54 Å². The van der Waals surface area contributed by atoms with Gasteiger partial charge in [-0.3, -0.25) is 4.90 Å². The molecule has 104 valence electrons. The van der Waals surface area contributed by atoms with Crippen LogP contribution in [0.3, 0.4) is 0 Å². The molecule has 0 unspecified atom stereocenters. The molecule has 19 heavy (non-hydrogen) atoms. The van der Waals surface area contributed by atoms with Gasteiger partial charge in [0, 0.05) is 31.7 Å². The topological polar surface area (TPSA) is 15.3 Å². The quantitative estimate of drug-likeness (QED) is 0.896. The van der Waals surface area contributed by atoms with E-state index in [-0.39, 0.29) is 16.4 Å². The van der Waals surface area contributed by atoms with E-state index in [1.54, 1.807) is 6.07 Å². The summed E-state index contributed by atoms with van der Waals surface area (Å²) in [5.74, 6) is -0.310. The van der Waals surface area contributed by atoms with Crippen molar-refractivity contribution in [2.75, 3.05) is 19.6 Å². The number of rotatable bonds is 2. The molecule has 1 spiro atoms. The van der Waals surface area contributed by atoms with Gasteiger partial charge in [0.1, 0.15) is 5.82 Å². The summed E-state index contributed by atoms with van der Waals surface area (Å²) < 4.78 is 13.5. The first-order chi connectivity index (χ1) is 9.21. The Morgan fingerprint density at radius 2 is 2.11 bits per heavy atom. The maximum absolute atomic E-state index is 13.5. The van der Waals surface area contributed by atoms with Gasteiger partial charge in [-0.1, -0.05) is 36.6 Å². The zero-order valence-corrected chi connectivity index (χ0v) is 11.8. The lowest BCUT2D eigenvalue weighted by Gasteiger charge is -2.45. The third-order valence-corrected chi connectivity index (χ3v) is 5.03. The fourth-order valence-corrected chi connectivity index (χ4v) is 3.72. The van der Waals surface area contributed by atoms with Gasteiger partial charge in [-0.25, -0.2) is 4.39 Å². The summed E-state index contributed by atoms with van der Waals surface area (Å²) in [6.07, 6.45) is 5.09. The van der Waals surface area contributed by atoms with Gasteiger partial charge in [0.25, 0.3) is 0 Å². The maximum atomic E-state index is 13.5. The van der Waals surface area contributed by atoms with E-state index < -0.39 is 0 Å². The molecule has 0 aromatic heterocycles. The summed E-state index contributed by atoms with van der Waals surface area (Å²) >= 11 is 6.09. The van der Waals surface area contributed by atoms with Crippen molar-refractivity contribution >= 4 is 11.6 Å². The molecular weight excluding hydrogens is 263 g/mol. The Hall–Kier alpha value is -0.640. The van der Waals surface area contributed by atoms with E-state index in [0.29, 0.717) is 0 Å². The number of nitrogens with one attached hydrogen (secondary N) is 1. The minimum atomic E-state index is -0.310. The van der Waals surface area contributed by atoms with Gasteiger partial charge in [-0.2, -0.15) is 0 Å². The summed E-state index contributed by atoms with van der Waals surface area (Å²) in [6.45, 7) is 3.85. The minimum Gasteiger partial charge on any atom is -0.314 e. The third-order valence-electron chi connectivity index (χ3n) is 4.61. The van der Waals surface area contributed by atoms with Crippen molar-refractivity contribution in [1.29, 1.82) is 0 Å². The first-order valence-corrected chi connectivity index (χ1v) is 7.48. The molecule has 2 fully saturated rings. The first kappa shape index (κ1) is 13.3. The average Bonchev–Trinajstić information content (AvgIpc) is 2.87. The number of benzene rings is 1. The van der Waals surface area contributed by atoms with Crippen LogP contribution in [0.15, 0.2) is 18.2 Å². The molecule has 0 amide bonds. The molecule has 0 radical (unpaired) electrons. The number of piperazine rings is 1. The highest BCUT2D eigenvalue weighted by Gasteiger charge is 2.41. The lowest BCUT2D eigenvalue weighted by Crippen LogP contribution is -2.59. The van der Waals surface area contributed by atoms with E-state index >= 15 is 0 Å². The zero-order chi connectivity index (χ0) is 13.3. The smallest absolute Gasteiger partial charge is 0.142 e. The van der Waals surface area contributed by atoms with Crippen molar-refractivity contribution < 1.29 is 4.39 Å². The summed E-state index contributed by atoms with van der Waals surface area (Å²) in [4.78, 5) is 2.51. The molecule has 0 atom stereocenters. The van der Waals surface area contributed by atoms with E-state index in [9.17, 15) is 4.39 Å². The second-order valence-corrected chi connectivity index (χ2v) is 6.12. The number of hydrogen-bond donors (Lipinski definition) is 1. The lowest BCUT2D eigenvalue weighted by molar-refractivity contribution is 0.0572. The summed E-state index contributed by atoms with van der Waals surface area (Å²) in [7, 11) is 0. The van der Waals surface area contributed by atoms with Gasteiger partial charge in [0.05, 0.1) is 5.02 Å². The van der Waals surface area contributed by atoms with E-state index in [1.165, 1.54) is 31.7 Å². The molecular formula is C15H20ClFN2. The van der Waals surface area contributed by atoms with Crippen LogP contribution < -0.4 is 5.32 Å². The standard InChI is InChI=1S/C15H20ClFN2/c16-14-12(4-3-5-13(14)17)10-19-9-8-18-11-15(19)6-1-2-7-15/h3-5,18H,1-2,6-11H2. The van der Waals surface area contributed by atoms with Gasteiger partial charge in [0.15, 0.2) is 0 Å². The van der Waals surface area contributed by atoms with Crippen LogP contribution in [0.1, 0.15) is 31.2 Å². The molecule has 3 rings (SSSR count). The number of halogens is 2. The van der Waals surface area contributed by atoms with Crippen LogP contribution in [0.5, 0.6) is 0 Å². The van der Waals surface area contributed by atoms with Crippen molar-refractivity contribution in [3.63, 3.8) is 0 Å². The predicted octanol–water partition coefficient (Wildman–Crippen LogP) is 3.20. The number of hydrogen-bond acceptors (Lipinski definition) is 2. The summed E-state index contributed by atoms with van der Waals surface area (Å²) in [5, 5.41) is 3.80. The molecule has 1 aliphatic carbocycles. The van der Waals surface area contributed by atoms with Gasteiger partial charge >= 0.3 is 0 Å². The normalized spacial score (nSPS) is 23.1. The fraction of sp³-hybridized carbons (Fsp3) is 0.600. The van der Waals surface area contributed by atoms with Gasteiger partial charge in [-0.05, 0) is 24.5 Å². The average molecular weight is 283 g/mol. The van der Waals surface area contributed by atoms with Crippen LogP contribution in [0.25, 0.3) is 0 Å².